The largest absolute Gasteiger partial charge is 0.374 e. The topological polar surface area (TPSA) is 12.5 Å². The van der Waals surface area contributed by atoms with Crippen LogP contribution in [0.5, 0.6) is 0 Å². The molecule has 0 saturated carbocycles. The molecule has 0 N–H and O–H groups in total. The molecule has 2 rings (SSSR count). The molecule has 15 heavy (non-hydrogen) atoms. The third-order valence-corrected chi connectivity index (χ3v) is 4.14. The molecule has 88 valence electrons. The normalized spacial score (nSPS) is 34.8. The number of ether oxygens (including phenoxy) is 1. The Labute approximate surface area is 97.9 Å². The van der Waals surface area contributed by atoms with Crippen LogP contribution in [-0.4, -0.2) is 42.6 Å². The summed E-state index contributed by atoms with van der Waals surface area (Å²) in [7, 11) is 0. The van der Waals surface area contributed by atoms with Gasteiger partial charge in [0, 0.05) is 12.4 Å². The first kappa shape index (κ1) is 11.7. The summed E-state index contributed by atoms with van der Waals surface area (Å²) >= 11 is 5.87. The summed E-state index contributed by atoms with van der Waals surface area (Å²) in [6, 6.07) is 0. The molecule has 2 saturated heterocycles. The molecule has 0 radical (unpaired) electrons. The SMILES string of the molecule is CC1CCC(CN2CCC(CCl)CC2)O1. The van der Waals surface area contributed by atoms with Crippen molar-refractivity contribution in [3.63, 3.8) is 0 Å². The zero-order chi connectivity index (χ0) is 10.7. The molecule has 2 unspecified atom stereocenters. The van der Waals surface area contributed by atoms with Crippen molar-refractivity contribution in [2.45, 2.75) is 44.8 Å². The van der Waals surface area contributed by atoms with E-state index in [4.69, 9.17) is 16.3 Å². The minimum Gasteiger partial charge on any atom is -0.374 e. The van der Waals surface area contributed by atoms with Crippen LogP contribution in [0.2, 0.25) is 0 Å². The van der Waals surface area contributed by atoms with Crippen LogP contribution in [0.1, 0.15) is 32.6 Å². The smallest absolute Gasteiger partial charge is 0.0706 e. The van der Waals surface area contributed by atoms with Crippen LogP contribution in [0.15, 0.2) is 0 Å². The minimum absolute atomic E-state index is 0.482. The molecule has 2 atom stereocenters. The molecule has 0 aliphatic carbocycles. The highest BCUT2D eigenvalue weighted by Gasteiger charge is 2.26. The lowest BCUT2D eigenvalue weighted by molar-refractivity contribution is 0.0247. The van der Waals surface area contributed by atoms with E-state index in [2.05, 4.69) is 11.8 Å². The van der Waals surface area contributed by atoms with Gasteiger partial charge in [-0.25, -0.2) is 0 Å². The Morgan fingerprint density at radius 2 is 1.93 bits per heavy atom. The average molecular weight is 232 g/mol. The Hall–Kier alpha value is 0.210. The van der Waals surface area contributed by atoms with Gasteiger partial charge in [0.25, 0.3) is 0 Å². The zero-order valence-electron chi connectivity index (χ0n) is 9.62. The van der Waals surface area contributed by atoms with Crippen LogP contribution < -0.4 is 0 Å². The Balaban J connectivity index is 1.68. The van der Waals surface area contributed by atoms with Gasteiger partial charge in [-0.05, 0) is 51.6 Å². The molecule has 2 aliphatic heterocycles. The lowest BCUT2D eigenvalue weighted by Gasteiger charge is -2.32. The number of rotatable bonds is 3. The summed E-state index contributed by atoms with van der Waals surface area (Å²) in [5.74, 6) is 1.59. The molecule has 0 aromatic heterocycles. The van der Waals surface area contributed by atoms with Gasteiger partial charge in [0.1, 0.15) is 0 Å². The molecule has 2 heterocycles. The highest BCUT2D eigenvalue weighted by molar-refractivity contribution is 6.18. The van der Waals surface area contributed by atoms with E-state index in [0.29, 0.717) is 12.2 Å². The summed E-state index contributed by atoms with van der Waals surface area (Å²) in [5.41, 5.74) is 0. The number of nitrogens with zero attached hydrogens (tertiary/aromatic N) is 1. The minimum atomic E-state index is 0.482. The van der Waals surface area contributed by atoms with Gasteiger partial charge in [-0.1, -0.05) is 0 Å². The first-order valence-electron chi connectivity index (χ1n) is 6.21. The monoisotopic (exact) mass is 231 g/mol. The molecule has 0 bridgehead atoms. The van der Waals surface area contributed by atoms with Crippen LogP contribution in [0, 0.1) is 5.92 Å². The zero-order valence-corrected chi connectivity index (χ0v) is 10.4. The van der Waals surface area contributed by atoms with Gasteiger partial charge >= 0.3 is 0 Å². The van der Waals surface area contributed by atoms with Crippen LogP contribution in [-0.2, 0) is 4.74 Å². The second-order valence-electron chi connectivity index (χ2n) is 5.04. The Morgan fingerprint density at radius 3 is 2.47 bits per heavy atom. The summed E-state index contributed by atoms with van der Waals surface area (Å²) in [6.45, 7) is 5.75. The molecule has 0 aromatic carbocycles. The fourth-order valence-corrected chi connectivity index (χ4v) is 2.94. The standard InChI is InChI=1S/C12H22ClNO/c1-10-2-3-12(15-10)9-14-6-4-11(8-13)5-7-14/h10-12H,2-9H2,1H3. The van der Waals surface area contributed by atoms with Crippen LogP contribution >= 0.6 is 11.6 Å². The first-order valence-corrected chi connectivity index (χ1v) is 6.75. The lowest BCUT2D eigenvalue weighted by Crippen LogP contribution is -2.39. The predicted molar refractivity (Wildman–Crippen MR) is 63.5 cm³/mol. The van der Waals surface area contributed by atoms with E-state index < -0.39 is 0 Å². The summed E-state index contributed by atoms with van der Waals surface area (Å²) in [6.07, 6.45) is 6.00. The van der Waals surface area contributed by atoms with Gasteiger partial charge in [-0.2, -0.15) is 0 Å². The Morgan fingerprint density at radius 1 is 1.20 bits per heavy atom. The van der Waals surface area contributed by atoms with E-state index in [0.717, 1.165) is 18.3 Å². The van der Waals surface area contributed by atoms with Crippen molar-refractivity contribution in [2.24, 2.45) is 5.92 Å². The van der Waals surface area contributed by atoms with E-state index in [1.807, 2.05) is 0 Å². The third kappa shape index (κ3) is 3.33. The van der Waals surface area contributed by atoms with Gasteiger partial charge in [0.15, 0.2) is 0 Å². The van der Waals surface area contributed by atoms with Gasteiger partial charge in [-0.15, -0.1) is 11.6 Å². The Bertz CT molecular complexity index is 192. The second-order valence-corrected chi connectivity index (χ2v) is 5.35. The van der Waals surface area contributed by atoms with Gasteiger partial charge < -0.3 is 9.64 Å². The number of alkyl halides is 1. The van der Waals surface area contributed by atoms with Crippen molar-refractivity contribution in [3.8, 4) is 0 Å². The highest BCUT2D eigenvalue weighted by Crippen LogP contribution is 2.23. The quantitative estimate of drug-likeness (QED) is 0.693. The fourth-order valence-electron chi connectivity index (χ4n) is 2.63. The lowest BCUT2D eigenvalue weighted by atomic mass is 9.98. The van der Waals surface area contributed by atoms with Crippen LogP contribution in [0.4, 0.5) is 0 Å². The first-order chi connectivity index (χ1) is 7.28. The molecule has 0 amide bonds. The van der Waals surface area contributed by atoms with Gasteiger partial charge in [0.2, 0.25) is 0 Å². The van der Waals surface area contributed by atoms with Crippen molar-refractivity contribution in [1.29, 1.82) is 0 Å². The molecule has 2 aliphatic rings. The summed E-state index contributed by atoms with van der Waals surface area (Å²) < 4.78 is 5.85. The van der Waals surface area contributed by atoms with Crippen molar-refractivity contribution in [2.75, 3.05) is 25.5 Å². The van der Waals surface area contributed by atoms with Crippen molar-refractivity contribution < 1.29 is 4.74 Å². The van der Waals surface area contributed by atoms with E-state index in [1.54, 1.807) is 0 Å². The number of piperidine rings is 1. The average Bonchev–Trinajstić information content (AvgIpc) is 2.65. The fraction of sp³-hybridized carbons (Fsp3) is 1.00. The van der Waals surface area contributed by atoms with Crippen molar-refractivity contribution in [3.05, 3.63) is 0 Å². The summed E-state index contributed by atoms with van der Waals surface area (Å²) in [4.78, 5) is 2.55. The number of hydrogen-bond acceptors (Lipinski definition) is 2. The highest BCUT2D eigenvalue weighted by atomic mass is 35.5. The van der Waals surface area contributed by atoms with E-state index in [-0.39, 0.29) is 0 Å². The van der Waals surface area contributed by atoms with Gasteiger partial charge in [0.05, 0.1) is 12.2 Å². The molecule has 0 spiro atoms. The molecule has 3 heteroatoms. The maximum atomic E-state index is 5.87. The third-order valence-electron chi connectivity index (χ3n) is 3.71. The Kier molecular flexibility index (Phi) is 4.30. The predicted octanol–water partition coefficient (Wildman–Crippen LogP) is 2.50. The van der Waals surface area contributed by atoms with E-state index >= 15 is 0 Å². The molecular formula is C12H22ClNO. The maximum absolute atomic E-state index is 5.87. The second kappa shape index (κ2) is 5.51. The number of hydrogen-bond donors (Lipinski definition) is 0. The van der Waals surface area contributed by atoms with Crippen LogP contribution in [0.3, 0.4) is 0 Å². The summed E-state index contributed by atoms with van der Waals surface area (Å²) in [5, 5.41) is 0. The van der Waals surface area contributed by atoms with Crippen molar-refractivity contribution >= 4 is 11.6 Å². The van der Waals surface area contributed by atoms with E-state index in [9.17, 15) is 0 Å². The maximum Gasteiger partial charge on any atom is 0.0706 e. The van der Waals surface area contributed by atoms with Crippen LogP contribution in [0.25, 0.3) is 0 Å². The molecule has 2 fully saturated rings. The van der Waals surface area contributed by atoms with Gasteiger partial charge in [-0.3, -0.25) is 0 Å². The van der Waals surface area contributed by atoms with E-state index in [1.165, 1.54) is 38.8 Å². The molecule has 2 nitrogen and oxygen atoms in total. The number of likely N-dealkylation sites (tertiary alicyclic amines) is 1. The number of halogens is 1. The van der Waals surface area contributed by atoms with Crippen molar-refractivity contribution in [1.82, 2.24) is 4.90 Å². The molecule has 0 aromatic rings. The molecular weight excluding hydrogens is 210 g/mol.